The highest BCUT2D eigenvalue weighted by Gasteiger charge is 2.47. The van der Waals surface area contributed by atoms with Crippen LogP contribution < -0.4 is 5.32 Å². The van der Waals surface area contributed by atoms with E-state index < -0.39 is 18.0 Å². The summed E-state index contributed by atoms with van der Waals surface area (Å²) >= 11 is 5.99. The van der Waals surface area contributed by atoms with Crippen LogP contribution in [0.25, 0.3) is 0 Å². The molecule has 8 heteroatoms. The molecule has 1 aromatic carbocycles. The third-order valence-corrected chi connectivity index (χ3v) is 5.61. The number of benzene rings is 1. The Kier molecular flexibility index (Phi) is 6.34. The zero-order valence-corrected chi connectivity index (χ0v) is 16.4. The zero-order valence-electron chi connectivity index (χ0n) is 15.7. The molecule has 2 aliphatic rings. The van der Waals surface area contributed by atoms with Crippen molar-refractivity contribution in [3.63, 3.8) is 0 Å². The van der Waals surface area contributed by atoms with E-state index in [4.69, 9.17) is 16.3 Å². The molecule has 1 aliphatic heterocycles. The van der Waals surface area contributed by atoms with E-state index in [-0.39, 0.29) is 36.6 Å². The number of anilines is 1. The van der Waals surface area contributed by atoms with Crippen molar-refractivity contribution in [3.8, 4) is 0 Å². The van der Waals surface area contributed by atoms with Gasteiger partial charge in [-0.05, 0) is 31.9 Å². The van der Waals surface area contributed by atoms with Crippen LogP contribution in [-0.4, -0.2) is 41.2 Å². The maximum absolute atomic E-state index is 12.4. The molecule has 1 aromatic rings. The van der Waals surface area contributed by atoms with E-state index in [9.17, 15) is 19.2 Å². The number of nitrogens with zero attached hydrogens (tertiary/aromatic N) is 1. The summed E-state index contributed by atoms with van der Waals surface area (Å²) in [7, 11) is 0. The number of carbonyl (C=O) groups is 4. The summed E-state index contributed by atoms with van der Waals surface area (Å²) in [5.41, 5.74) is 0.424. The number of carbonyl (C=O) groups excluding carboxylic acids is 4. The molecule has 0 aromatic heterocycles. The predicted molar refractivity (Wildman–Crippen MR) is 102 cm³/mol. The molecule has 2 fully saturated rings. The Balaban J connectivity index is 1.48. The van der Waals surface area contributed by atoms with Gasteiger partial charge in [0.1, 0.15) is 0 Å². The summed E-state index contributed by atoms with van der Waals surface area (Å²) in [4.78, 5) is 50.2. The molecule has 0 unspecified atom stereocenters. The topological polar surface area (TPSA) is 92.8 Å². The summed E-state index contributed by atoms with van der Waals surface area (Å²) < 4.78 is 5.13. The molecule has 1 saturated heterocycles. The number of hydrogen-bond acceptors (Lipinski definition) is 5. The van der Waals surface area contributed by atoms with Gasteiger partial charge in [0.2, 0.25) is 11.8 Å². The first-order valence-electron chi connectivity index (χ1n) is 9.48. The molecule has 3 atom stereocenters. The lowest BCUT2D eigenvalue weighted by Gasteiger charge is -2.19. The normalized spacial score (nSPS) is 22.6. The lowest BCUT2D eigenvalue weighted by Crippen LogP contribution is -2.35. The van der Waals surface area contributed by atoms with Crippen molar-refractivity contribution in [1.29, 1.82) is 0 Å². The number of para-hydroxylation sites is 1. The van der Waals surface area contributed by atoms with Gasteiger partial charge in [-0.1, -0.05) is 36.6 Å². The summed E-state index contributed by atoms with van der Waals surface area (Å²) in [5, 5.41) is 2.97. The second kappa shape index (κ2) is 8.73. The molecule has 28 heavy (non-hydrogen) atoms. The predicted octanol–water partition coefficient (Wildman–Crippen LogP) is 2.78. The highest BCUT2D eigenvalue weighted by atomic mass is 35.5. The average molecular weight is 407 g/mol. The first kappa shape index (κ1) is 20.3. The molecule has 0 radical (unpaired) electrons. The highest BCUT2D eigenvalue weighted by Crippen LogP contribution is 2.38. The minimum absolute atomic E-state index is 0.0116. The number of likely N-dealkylation sites (tertiary alicyclic amines) is 1. The second-order valence-corrected chi connectivity index (χ2v) is 7.58. The van der Waals surface area contributed by atoms with Gasteiger partial charge in [-0.25, -0.2) is 0 Å². The van der Waals surface area contributed by atoms with Gasteiger partial charge in [-0.15, -0.1) is 0 Å². The standard InChI is InChI=1S/C20H23ClN2O5/c1-12(18(25)22-16-9-5-4-8-15(16)21)28-17(24)10-11-23-19(26)13-6-2-3-7-14(13)20(23)27/h4-5,8-9,12-14H,2-3,6-7,10-11H2,1H3,(H,22,25)/t12-,13-,14-/m0/s1. The number of hydrogen-bond donors (Lipinski definition) is 1. The van der Waals surface area contributed by atoms with E-state index in [1.807, 2.05) is 0 Å². The lowest BCUT2D eigenvalue weighted by atomic mass is 9.81. The Bertz CT molecular complexity index is 773. The fraction of sp³-hybridized carbons (Fsp3) is 0.500. The van der Waals surface area contributed by atoms with Gasteiger partial charge in [-0.2, -0.15) is 0 Å². The monoisotopic (exact) mass is 406 g/mol. The Morgan fingerprint density at radius 2 is 1.79 bits per heavy atom. The van der Waals surface area contributed by atoms with Crippen molar-refractivity contribution < 1.29 is 23.9 Å². The third kappa shape index (κ3) is 4.35. The first-order valence-corrected chi connectivity index (χ1v) is 9.86. The lowest BCUT2D eigenvalue weighted by molar-refractivity contribution is -0.154. The average Bonchev–Trinajstić information content (AvgIpc) is 2.92. The molecule has 0 spiro atoms. The fourth-order valence-electron chi connectivity index (χ4n) is 3.76. The Morgan fingerprint density at radius 1 is 1.18 bits per heavy atom. The minimum Gasteiger partial charge on any atom is -0.452 e. The van der Waals surface area contributed by atoms with E-state index in [1.165, 1.54) is 11.8 Å². The van der Waals surface area contributed by atoms with Crippen molar-refractivity contribution in [2.24, 2.45) is 11.8 Å². The number of nitrogens with one attached hydrogen (secondary N) is 1. The smallest absolute Gasteiger partial charge is 0.308 e. The SMILES string of the molecule is C[C@H](OC(=O)CCN1C(=O)[C@H]2CCCC[C@@H]2C1=O)C(=O)Nc1ccccc1Cl. The molecule has 150 valence electrons. The van der Waals surface area contributed by atoms with Crippen molar-refractivity contribution >= 4 is 41.0 Å². The van der Waals surface area contributed by atoms with E-state index in [0.29, 0.717) is 10.7 Å². The molecule has 7 nitrogen and oxygen atoms in total. The fourth-order valence-corrected chi connectivity index (χ4v) is 3.94. The summed E-state index contributed by atoms with van der Waals surface area (Å²) in [5.74, 6) is -2.01. The van der Waals surface area contributed by atoms with Crippen LogP contribution in [0.3, 0.4) is 0 Å². The van der Waals surface area contributed by atoms with Crippen LogP contribution in [0.2, 0.25) is 5.02 Å². The molecule has 1 saturated carbocycles. The number of esters is 1. The Labute approximate surface area is 168 Å². The van der Waals surface area contributed by atoms with Gasteiger partial charge < -0.3 is 10.1 Å². The highest BCUT2D eigenvalue weighted by molar-refractivity contribution is 6.33. The van der Waals surface area contributed by atoms with Crippen LogP contribution in [0.15, 0.2) is 24.3 Å². The van der Waals surface area contributed by atoms with Crippen LogP contribution in [0.4, 0.5) is 5.69 Å². The number of ether oxygens (including phenoxy) is 1. The van der Waals surface area contributed by atoms with Gasteiger partial charge in [-0.3, -0.25) is 24.1 Å². The summed E-state index contributed by atoms with van der Waals surface area (Å²) in [6.45, 7) is 1.44. The van der Waals surface area contributed by atoms with Gasteiger partial charge >= 0.3 is 5.97 Å². The second-order valence-electron chi connectivity index (χ2n) is 7.18. The van der Waals surface area contributed by atoms with E-state index in [0.717, 1.165) is 25.7 Å². The molecule has 1 aliphatic carbocycles. The Morgan fingerprint density at radius 3 is 2.39 bits per heavy atom. The molecule has 0 bridgehead atoms. The molecular formula is C20H23ClN2O5. The molecule has 1 N–H and O–H groups in total. The number of rotatable bonds is 6. The van der Waals surface area contributed by atoms with Crippen LogP contribution in [0.1, 0.15) is 39.0 Å². The number of amides is 3. The van der Waals surface area contributed by atoms with Crippen LogP contribution in [-0.2, 0) is 23.9 Å². The molecular weight excluding hydrogens is 384 g/mol. The van der Waals surface area contributed by atoms with Gasteiger partial charge in [0.15, 0.2) is 6.10 Å². The number of halogens is 1. The summed E-state index contributed by atoms with van der Waals surface area (Å²) in [6.07, 6.45) is 2.20. The molecule has 3 amide bonds. The van der Waals surface area contributed by atoms with Crippen LogP contribution >= 0.6 is 11.6 Å². The van der Waals surface area contributed by atoms with E-state index >= 15 is 0 Å². The minimum atomic E-state index is -1.03. The molecule has 1 heterocycles. The maximum atomic E-state index is 12.4. The van der Waals surface area contributed by atoms with E-state index in [1.54, 1.807) is 24.3 Å². The number of fused-ring (bicyclic) bond motifs is 1. The largest absolute Gasteiger partial charge is 0.452 e. The van der Waals surface area contributed by atoms with Crippen molar-refractivity contribution in [2.45, 2.75) is 45.1 Å². The zero-order chi connectivity index (χ0) is 20.3. The van der Waals surface area contributed by atoms with Gasteiger partial charge in [0.05, 0.1) is 29.0 Å². The van der Waals surface area contributed by atoms with Crippen molar-refractivity contribution in [3.05, 3.63) is 29.3 Å². The Hall–Kier alpha value is -2.41. The summed E-state index contributed by atoms with van der Waals surface area (Å²) in [6, 6.07) is 6.73. The molecule has 3 rings (SSSR count). The van der Waals surface area contributed by atoms with Crippen LogP contribution in [0, 0.1) is 11.8 Å². The van der Waals surface area contributed by atoms with Crippen molar-refractivity contribution in [2.75, 3.05) is 11.9 Å². The number of imide groups is 1. The van der Waals surface area contributed by atoms with Crippen molar-refractivity contribution in [1.82, 2.24) is 4.90 Å². The van der Waals surface area contributed by atoms with E-state index in [2.05, 4.69) is 5.32 Å². The maximum Gasteiger partial charge on any atom is 0.308 e. The third-order valence-electron chi connectivity index (χ3n) is 5.28. The van der Waals surface area contributed by atoms with Crippen LogP contribution in [0.5, 0.6) is 0 Å². The van der Waals surface area contributed by atoms with Gasteiger partial charge in [0.25, 0.3) is 5.91 Å². The first-order chi connectivity index (χ1) is 13.4. The quantitative estimate of drug-likeness (QED) is 0.579. The van der Waals surface area contributed by atoms with Gasteiger partial charge in [0, 0.05) is 6.54 Å².